The molecule has 0 fully saturated rings. The summed E-state index contributed by atoms with van der Waals surface area (Å²) >= 11 is 0. The minimum Gasteiger partial charge on any atom is -0.481 e. The van der Waals surface area contributed by atoms with Crippen LogP contribution in [0, 0.1) is 4.91 Å². The van der Waals surface area contributed by atoms with Gasteiger partial charge in [-0.3, -0.25) is 4.79 Å². The molecule has 0 radical (unpaired) electrons. The second-order valence-electron chi connectivity index (χ2n) is 5.19. The van der Waals surface area contributed by atoms with Crippen molar-refractivity contribution in [2.45, 2.75) is 18.4 Å². The van der Waals surface area contributed by atoms with E-state index in [9.17, 15) is 18.5 Å². The summed E-state index contributed by atoms with van der Waals surface area (Å²) in [4.78, 5) is 21.5. The van der Waals surface area contributed by atoms with E-state index in [4.69, 9.17) is 9.52 Å². The lowest BCUT2D eigenvalue weighted by Crippen LogP contribution is -2.28. The number of hydrogen-bond donors (Lipinski definition) is 1. The van der Waals surface area contributed by atoms with E-state index >= 15 is 0 Å². The molecule has 3 rings (SSSR count). The van der Waals surface area contributed by atoms with Gasteiger partial charge >= 0.3 is 5.97 Å². The topological polar surface area (TPSA) is 79.9 Å². The van der Waals surface area contributed by atoms with Crippen LogP contribution in [0.3, 0.4) is 0 Å². The lowest BCUT2D eigenvalue weighted by molar-refractivity contribution is -0.146. The summed E-state index contributed by atoms with van der Waals surface area (Å²) in [6.07, 6.45) is -1.46. The van der Waals surface area contributed by atoms with Crippen molar-refractivity contribution in [3.8, 4) is 0 Å². The van der Waals surface area contributed by atoms with Crippen LogP contribution < -0.4 is 0 Å². The first kappa shape index (κ1) is 15.1. The number of carboxylic acid groups (broad SMARTS) is 1. The molecule has 1 heterocycles. The number of halogens is 2. The van der Waals surface area contributed by atoms with Crippen molar-refractivity contribution in [3.63, 3.8) is 0 Å². The number of aliphatic carboxylic acids is 1. The Balaban J connectivity index is 2.12. The molecule has 3 aromatic rings. The molecule has 1 N–H and O–H groups in total. The van der Waals surface area contributed by atoms with Crippen molar-refractivity contribution in [2.75, 3.05) is 0 Å². The zero-order valence-electron chi connectivity index (χ0n) is 11.7. The standard InChI is InChI=1S/C16H11F2NO4/c17-16(18,8-14(20)21)15(19-22)9-5-6-13-11(7-9)10-3-1-2-4-12(10)23-13/h1-7,15H,8H2,(H,20,21). The molecule has 0 saturated heterocycles. The maximum atomic E-state index is 14.0. The number of nitroso groups, excluding NO2 is 1. The van der Waals surface area contributed by atoms with Crippen molar-refractivity contribution in [1.82, 2.24) is 0 Å². The van der Waals surface area contributed by atoms with E-state index in [0.717, 1.165) is 5.39 Å². The van der Waals surface area contributed by atoms with E-state index < -0.39 is 24.4 Å². The van der Waals surface area contributed by atoms with Gasteiger partial charge < -0.3 is 9.52 Å². The molecule has 1 aromatic heterocycles. The van der Waals surface area contributed by atoms with Crippen LogP contribution in [-0.2, 0) is 4.79 Å². The minimum atomic E-state index is -3.78. The molecule has 2 aromatic carbocycles. The van der Waals surface area contributed by atoms with Crippen LogP contribution in [0.25, 0.3) is 21.9 Å². The maximum absolute atomic E-state index is 14.0. The summed E-state index contributed by atoms with van der Waals surface area (Å²) in [6.45, 7) is 0. The molecule has 0 bridgehead atoms. The fourth-order valence-electron chi connectivity index (χ4n) is 2.59. The van der Waals surface area contributed by atoms with Crippen LogP contribution in [0.5, 0.6) is 0 Å². The number of benzene rings is 2. The average Bonchev–Trinajstić information content (AvgIpc) is 2.84. The highest BCUT2D eigenvalue weighted by Gasteiger charge is 2.44. The van der Waals surface area contributed by atoms with Crippen molar-refractivity contribution in [1.29, 1.82) is 0 Å². The molecule has 0 aliphatic rings. The minimum absolute atomic E-state index is 0.0506. The van der Waals surface area contributed by atoms with Gasteiger partial charge in [-0.25, -0.2) is 8.78 Å². The Morgan fingerprint density at radius 1 is 1.17 bits per heavy atom. The predicted molar refractivity (Wildman–Crippen MR) is 79.5 cm³/mol. The van der Waals surface area contributed by atoms with Crippen LogP contribution in [0.15, 0.2) is 52.1 Å². The smallest absolute Gasteiger partial charge is 0.309 e. The van der Waals surface area contributed by atoms with Gasteiger partial charge in [-0.15, -0.1) is 4.91 Å². The lowest BCUT2D eigenvalue weighted by Gasteiger charge is -2.19. The van der Waals surface area contributed by atoms with Gasteiger partial charge in [-0.2, -0.15) is 0 Å². The van der Waals surface area contributed by atoms with Crippen LogP contribution in [0.2, 0.25) is 0 Å². The Hall–Kier alpha value is -2.83. The van der Waals surface area contributed by atoms with Gasteiger partial charge in [0.25, 0.3) is 5.92 Å². The van der Waals surface area contributed by atoms with Crippen LogP contribution in [0.4, 0.5) is 8.78 Å². The van der Waals surface area contributed by atoms with Crippen molar-refractivity contribution in [3.05, 3.63) is 52.9 Å². The molecule has 0 amide bonds. The van der Waals surface area contributed by atoms with Crippen molar-refractivity contribution >= 4 is 27.9 Å². The Kier molecular flexibility index (Phi) is 3.55. The van der Waals surface area contributed by atoms with E-state index in [-0.39, 0.29) is 5.56 Å². The molecule has 23 heavy (non-hydrogen) atoms. The highest BCUT2D eigenvalue weighted by molar-refractivity contribution is 6.05. The summed E-state index contributed by atoms with van der Waals surface area (Å²) in [5.41, 5.74) is 1.03. The molecule has 0 spiro atoms. The average molecular weight is 319 g/mol. The number of carbonyl (C=O) groups is 1. The number of furan rings is 1. The molecular formula is C16H11F2NO4. The van der Waals surface area contributed by atoms with Gasteiger partial charge in [0.2, 0.25) is 0 Å². The van der Waals surface area contributed by atoms with Crippen LogP contribution in [0.1, 0.15) is 18.0 Å². The molecular weight excluding hydrogens is 308 g/mol. The first-order valence-electron chi connectivity index (χ1n) is 6.75. The number of nitrogens with zero attached hydrogens (tertiary/aromatic N) is 1. The summed E-state index contributed by atoms with van der Waals surface area (Å²) < 4.78 is 33.5. The number of hydrogen-bond acceptors (Lipinski definition) is 4. The summed E-state index contributed by atoms with van der Waals surface area (Å²) in [7, 11) is 0. The number of alkyl halides is 2. The van der Waals surface area contributed by atoms with Gasteiger partial charge in [-0.05, 0) is 23.8 Å². The van der Waals surface area contributed by atoms with Gasteiger partial charge in [-0.1, -0.05) is 29.4 Å². The van der Waals surface area contributed by atoms with Crippen LogP contribution >= 0.6 is 0 Å². The predicted octanol–water partition coefficient (Wildman–Crippen LogP) is 4.50. The van der Waals surface area contributed by atoms with E-state index in [0.29, 0.717) is 16.6 Å². The lowest BCUT2D eigenvalue weighted by atomic mass is 9.97. The third-order valence-corrected chi connectivity index (χ3v) is 3.61. The number of rotatable bonds is 5. The zero-order valence-corrected chi connectivity index (χ0v) is 11.7. The van der Waals surface area contributed by atoms with Crippen LogP contribution in [-0.4, -0.2) is 17.0 Å². The Bertz CT molecular complexity index is 903. The maximum Gasteiger partial charge on any atom is 0.309 e. The summed E-state index contributed by atoms with van der Waals surface area (Å²) in [5.74, 6) is -5.47. The zero-order chi connectivity index (χ0) is 16.6. The number of fused-ring (bicyclic) bond motifs is 3. The molecule has 1 atom stereocenters. The highest BCUT2D eigenvalue weighted by atomic mass is 19.3. The van der Waals surface area contributed by atoms with E-state index in [1.807, 2.05) is 0 Å². The SMILES string of the molecule is O=NC(c1ccc2oc3ccccc3c2c1)C(F)(F)CC(=O)O. The largest absolute Gasteiger partial charge is 0.481 e. The van der Waals surface area contributed by atoms with E-state index in [2.05, 4.69) is 5.18 Å². The quantitative estimate of drug-likeness (QED) is 0.702. The van der Waals surface area contributed by atoms with E-state index in [1.165, 1.54) is 18.2 Å². The number of para-hydroxylation sites is 1. The first-order valence-corrected chi connectivity index (χ1v) is 6.75. The first-order chi connectivity index (χ1) is 10.9. The van der Waals surface area contributed by atoms with Gasteiger partial charge in [0.05, 0.1) is 0 Å². The summed E-state index contributed by atoms with van der Waals surface area (Å²) in [5, 5.41) is 12.3. The molecule has 5 nitrogen and oxygen atoms in total. The second kappa shape index (κ2) is 5.42. The monoisotopic (exact) mass is 319 g/mol. The normalized spacial score (nSPS) is 13.3. The van der Waals surface area contributed by atoms with Crippen molar-refractivity contribution < 1.29 is 23.1 Å². The summed E-state index contributed by atoms with van der Waals surface area (Å²) in [6, 6.07) is 9.15. The fraction of sp³-hybridized carbons (Fsp3) is 0.188. The van der Waals surface area contributed by atoms with Crippen molar-refractivity contribution in [2.24, 2.45) is 5.18 Å². The van der Waals surface area contributed by atoms with Gasteiger partial charge in [0.15, 0.2) is 6.04 Å². The van der Waals surface area contributed by atoms with Gasteiger partial charge in [0, 0.05) is 10.8 Å². The molecule has 118 valence electrons. The third-order valence-electron chi connectivity index (χ3n) is 3.61. The molecule has 0 aliphatic heterocycles. The number of carboxylic acids is 1. The molecule has 0 saturated carbocycles. The third kappa shape index (κ3) is 2.65. The molecule has 0 aliphatic carbocycles. The highest BCUT2D eigenvalue weighted by Crippen LogP contribution is 2.39. The molecule has 1 unspecified atom stereocenters. The second-order valence-corrected chi connectivity index (χ2v) is 5.19. The molecule has 7 heteroatoms. The Morgan fingerprint density at radius 2 is 1.87 bits per heavy atom. The van der Waals surface area contributed by atoms with Gasteiger partial charge in [0.1, 0.15) is 17.6 Å². The Morgan fingerprint density at radius 3 is 2.57 bits per heavy atom. The van der Waals surface area contributed by atoms with E-state index in [1.54, 1.807) is 24.3 Å². The Labute approximate surface area is 128 Å². The fourth-order valence-corrected chi connectivity index (χ4v) is 2.59.